The normalized spacial score (nSPS) is 9.44. The molecule has 0 heteroatoms. The van der Waals surface area contributed by atoms with Crippen molar-refractivity contribution in [3.05, 3.63) is 42.3 Å². The average molecular weight is 119 g/mol. The van der Waals surface area contributed by atoms with E-state index in [1.807, 2.05) is 18.2 Å². The van der Waals surface area contributed by atoms with Gasteiger partial charge in [-0.25, -0.2) is 0 Å². The van der Waals surface area contributed by atoms with Crippen molar-refractivity contribution in [2.75, 3.05) is 0 Å². The minimum absolute atomic E-state index is 1.08. The van der Waals surface area contributed by atoms with Crippen LogP contribution >= 0.6 is 0 Å². The van der Waals surface area contributed by atoms with E-state index in [-0.39, 0.29) is 0 Å². The third kappa shape index (κ3) is 1.26. The van der Waals surface area contributed by atoms with Crippen LogP contribution in [0.15, 0.2) is 24.3 Å². The van der Waals surface area contributed by atoms with Crippen LogP contribution in [0.25, 0.3) is 0 Å². The molecular weight excluding hydrogens is 108 g/mol. The first kappa shape index (κ1) is 6.21. The summed E-state index contributed by atoms with van der Waals surface area (Å²) < 4.78 is 0. The first-order chi connectivity index (χ1) is 4.34. The molecule has 0 spiro atoms. The van der Waals surface area contributed by atoms with Crippen LogP contribution in [0.1, 0.15) is 18.1 Å². The van der Waals surface area contributed by atoms with Crippen molar-refractivity contribution in [2.24, 2.45) is 0 Å². The van der Waals surface area contributed by atoms with Gasteiger partial charge >= 0.3 is 0 Å². The standard InChI is InChI=1S/C9H11/c1-3-9-7-5-4-6-8(9)2/h4-7H,2-3H2,1H3/q+1. The van der Waals surface area contributed by atoms with Gasteiger partial charge < -0.3 is 0 Å². The minimum atomic E-state index is 1.08. The summed E-state index contributed by atoms with van der Waals surface area (Å²) in [5.74, 6) is 0. The van der Waals surface area contributed by atoms with Crippen LogP contribution in [0.4, 0.5) is 0 Å². The van der Waals surface area contributed by atoms with Crippen molar-refractivity contribution >= 4 is 0 Å². The Labute approximate surface area is 56.5 Å². The molecule has 0 atom stereocenters. The lowest BCUT2D eigenvalue weighted by atomic mass is 10.1. The summed E-state index contributed by atoms with van der Waals surface area (Å²) in [6.07, 6.45) is 1.08. The van der Waals surface area contributed by atoms with Gasteiger partial charge in [-0.3, -0.25) is 0 Å². The van der Waals surface area contributed by atoms with Gasteiger partial charge in [0.2, 0.25) is 0 Å². The van der Waals surface area contributed by atoms with Crippen molar-refractivity contribution < 1.29 is 0 Å². The van der Waals surface area contributed by atoms with Crippen molar-refractivity contribution in [3.8, 4) is 0 Å². The molecule has 0 fully saturated rings. The molecule has 46 valence electrons. The van der Waals surface area contributed by atoms with Crippen LogP contribution in [-0.2, 0) is 6.42 Å². The second-order valence-corrected chi connectivity index (χ2v) is 2.12. The molecule has 0 aliphatic carbocycles. The molecule has 0 aromatic heterocycles. The second kappa shape index (κ2) is 2.58. The number of rotatable bonds is 1. The van der Waals surface area contributed by atoms with Gasteiger partial charge in [0.1, 0.15) is 5.56 Å². The Morgan fingerprint density at radius 1 is 1.33 bits per heavy atom. The summed E-state index contributed by atoms with van der Waals surface area (Å²) in [4.78, 5) is 0. The van der Waals surface area contributed by atoms with Gasteiger partial charge in [0, 0.05) is 19.4 Å². The Morgan fingerprint density at radius 3 is 2.44 bits per heavy atom. The molecule has 0 amide bonds. The highest BCUT2D eigenvalue weighted by atomic mass is 13.9. The Hall–Kier alpha value is -0.910. The number of hydrogen-bond acceptors (Lipinski definition) is 0. The van der Waals surface area contributed by atoms with Crippen molar-refractivity contribution in [2.45, 2.75) is 13.3 Å². The van der Waals surface area contributed by atoms with Crippen molar-refractivity contribution in [3.63, 3.8) is 0 Å². The summed E-state index contributed by atoms with van der Waals surface area (Å²) >= 11 is 0. The highest BCUT2D eigenvalue weighted by molar-refractivity contribution is 5.28. The number of benzene rings is 1. The molecule has 1 aromatic carbocycles. The molecule has 0 aliphatic heterocycles. The van der Waals surface area contributed by atoms with Crippen LogP contribution in [0.3, 0.4) is 0 Å². The largest absolute Gasteiger partial charge is 0.129 e. The van der Waals surface area contributed by atoms with Gasteiger partial charge in [0.25, 0.3) is 0 Å². The third-order valence-corrected chi connectivity index (χ3v) is 1.50. The fourth-order valence-corrected chi connectivity index (χ4v) is 0.902. The lowest BCUT2D eigenvalue weighted by Gasteiger charge is -1.89. The minimum Gasteiger partial charge on any atom is -0.0495 e. The van der Waals surface area contributed by atoms with Gasteiger partial charge in [-0.15, -0.1) is 0 Å². The van der Waals surface area contributed by atoms with Gasteiger partial charge in [0.05, 0.1) is 5.56 Å². The maximum atomic E-state index is 3.89. The predicted octanol–water partition coefficient (Wildman–Crippen LogP) is 2.43. The lowest BCUT2D eigenvalue weighted by Crippen LogP contribution is -1.82. The van der Waals surface area contributed by atoms with Gasteiger partial charge in [-0.05, 0) is 25.1 Å². The monoisotopic (exact) mass is 119 g/mol. The Morgan fingerprint density at radius 2 is 2.00 bits per heavy atom. The molecule has 0 aliphatic rings. The van der Waals surface area contributed by atoms with Crippen LogP contribution in [0.5, 0.6) is 0 Å². The summed E-state index contributed by atoms with van der Waals surface area (Å²) in [7, 11) is 0. The summed E-state index contributed by atoms with van der Waals surface area (Å²) in [6, 6.07) is 8.22. The summed E-state index contributed by atoms with van der Waals surface area (Å²) in [6.45, 7) is 6.03. The fourth-order valence-electron chi connectivity index (χ4n) is 0.902. The molecule has 0 radical (unpaired) electrons. The highest BCUT2D eigenvalue weighted by Gasteiger charge is 1.99. The summed E-state index contributed by atoms with van der Waals surface area (Å²) in [5.41, 5.74) is 2.50. The molecular formula is C9H11+. The summed E-state index contributed by atoms with van der Waals surface area (Å²) in [5, 5.41) is 0. The molecule has 9 heavy (non-hydrogen) atoms. The Kier molecular flexibility index (Phi) is 1.78. The average Bonchev–Trinajstić information content (AvgIpc) is 1.89. The van der Waals surface area contributed by atoms with Crippen molar-refractivity contribution in [1.82, 2.24) is 0 Å². The van der Waals surface area contributed by atoms with Crippen LogP contribution in [-0.4, -0.2) is 0 Å². The van der Waals surface area contributed by atoms with Gasteiger partial charge in [0.15, 0.2) is 0 Å². The first-order valence-corrected chi connectivity index (χ1v) is 3.24. The molecule has 0 nitrogen and oxygen atoms in total. The van der Waals surface area contributed by atoms with Gasteiger partial charge in [-0.2, -0.15) is 0 Å². The van der Waals surface area contributed by atoms with Crippen molar-refractivity contribution in [1.29, 1.82) is 0 Å². The van der Waals surface area contributed by atoms with E-state index in [1.165, 1.54) is 5.56 Å². The quantitative estimate of drug-likeness (QED) is 0.498. The van der Waals surface area contributed by atoms with E-state index >= 15 is 0 Å². The fraction of sp³-hybridized carbons (Fsp3) is 0.222. The van der Waals surface area contributed by atoms with E-state index in [1.54, 1.807) is 0 Å². The van der Waals surface area contributed by atoms with E-state index in [0.29, 0.717) is 0 Å². The highest BCUT2D eigenvalue weighted by Crippen LogP contribution is 2.05. The first-order valence-electron chi connectivity index (χ1n) is 3.24. The number of hydrogen-bond donors (Lipinski definition) is 0. The molecule has 0 saturated carbocycles. The zero-order valence-electron chi connectivity index (χ0n) is 5.72. The SMILES string of the molecule is [CH2+]c1ccccc1CC. The maximum absolute atomic E-state index is 3.89. The Balaban J connectivity index is 3.01. The molecule has 0 N–H and O–H groups in total. The third-order valence-electron chi connectivity index (χ3n) is 1.50. The van der Waals surface area contributed by atoms with E-state index < -0.39 is 0 Å². The molecule has 0 bridgehead atoms. The topological polar surface area (TPSA) is 0 Å². The van der Waals surface area contributed by atoms with Crippen LogP contribution < -0.4 is 0 Å². The second-order valence-electron chi connectivity index (χ2n) is 2.12. The molecule has 0 unspecified atom stereocenters. The predicted molar refractivity (Wildman–Crippen MR) is 40.3 cm³/mol. The van der Waals surface area contributed by atoms with E-state index in [4.69, 9.17) is 0 Å². The van der Waals surface area contributed by atoms with Crippen LogP contribution in [0.2, 0.25) is 0 Å². The zero-order chi connectivity index (χ0) is 6.69. The van der Waals surface area contributed by atoms with E-state index in [2.05, 4.69) is 19.9 Å². The molecule has 0 heterocycles. The Bertz CT molecular complexity index is 189. The van der Waals surface area contributed by atoms with Gasteiger partial charge in [-0.1, -0.05) is 0 Å². The molecule has 0 saturated heterocycles. The molecule has 1 aromatic rings. The molecule has 1 rings (SSSR count). The zero-order valence-corrected chi connectivity index (χ0v) is 5.72. The lowest BCUT2D eigenvalue weighted by molar-refractivity contribution is 1.13. The van der Waals surface area contributed by atoms with E-state index in [9.17, 15) is 0 Å². The smallest absolute Gasteiger partial charge is 0.0495 e. The van der Waals surface area contributed by atoms with Crippen LogP contribution in [0, 0.1) is 6.92 Å². The maximum Gasteiger partial charge on any atom is 0.129 e. The van der Waals surface area contributed by atoms with E-state index in [0.717, 1.165) is 12.0 Å². The number of aryl methyl sites for hydroxylation is 1.